The van der Waals surface area contributed by atoms with Gasteiger partial charge in [-0.1, -0.05) is 49.3 Å². The van der Waals surface area contributed by atoms with E-state index in [0.29, 0.717) is 12.5 Å². The Kier molecular flexibility index (Phi) is 4.56. The quantitative estimate of drug-likeness (QED) is 0.664. The van der Waals surface area contributed by atoms with Gasteiger partial charge in [-0.15, -0.1) is 0 Å². The lowest BCUT2D eigenvalue weighted by Gasteiger charge is -2.03. The number of H-pyrrole nitrogens is 1. The van der Waals surface area contributed by atoms with E-state index in [0.717, 1.165) is 28.5 Å². The van der Waals surface area contributed by atoms with Crippen LogP contribution in [0, 0.1) is 12.8 Å². The van der Waals surface area contributed by atoms with Gasteiger partial charge in [-0.25, -0.2) is 4.98 Å². The van der Waals surface area contributed by atoms with Crippen molar-refractivity contribution >= 4 is 5.71 Å². The van der Waals surface area contributed by atoms with Crippen LogP contribution in [0.15, 0.2) is 35.5 Å². The number of aromatic nitrogens is 2. The molecule has 2 rings (SSSR count). The van der Waals surface area contributed by atoms with Gasteiger partial charge in [-0.05, 0) is 19.8 Å². The van der Waals surface area contributed by atoms with Gasteiger partial charge in [-0.2, -0.15) is 0 Å². The number of benzene rings is 1. The molecule has 106 valence electrons. The molecule has 0 atom stereocenters. The van der Waals surface area contributed by atoms with E-state index < -0.39 is 0 Å². The maximum atomic E-state index is 5.32. The van der Waals surface area contributed by atoms with Crippen molar-refractivity contribution in [3.63, 3.8) is 0 Å². The summed E-state index contributed by atoms with van der Waals surface area (Å²) in [6, 6.07) is 10.1. The lowest BCUT2D eigenvalue weighted by molar-refractivity contribution is 0.118. The fraction of sp³-hybridized carbons (Fsp3) is 0.375. The second-order valence-electron chi connectivity index (χ2n) is 5.29. The summed E-state index contributed by atoms with van der Waals surface area (Å²) in [5.41, 5.74) is 3.71. The lowest BCUT2D eigenvalue weighted by atomic mass is 10.2. The zero-order chi connectivity index (χ0) is 14.5. The Morgan fingerprint density at radius 3 is 2.65 bits per heavy atom. The van der Waals surface area contributed by atoms with Crippen molar-refractivity contribution < 1.29 is 4.84 Å². The van der Waals surface area contributed by atoms with E-state index in [1.54, 1.807) is 0 Å². The summed E-state index contributed by atoms with van der Waals surface area (Å²) in [5.74, 6) is 1.32. The van der Waals surface area contributed by atoms with Gasteiger partial charge >= 0.3 is 0 Å². The first-order chi connectivity index (χ1) is 9.58. The molecule has 1 N–H and O–H groups in total. The molecule has 0 saturated heterocycles. The van der Waals surface area contributed by atoms with E-state index in [-0.39, 0.29) is 0 Å². The third kappa shape index (κ3) is 3.47. The fourth-order valence-corrected chi connectivity index (χ4v) is 1.87. The minimum absolute atomic E-state index is 0.465. The molecule has 0 radical (unpaired) electrons. The van der Waals surface area contributed by atoms with Crippen molar-refractivity contribution in [1.82, 2.24) is 9.97 Å². The number of imidazole rings is 1. The van der Waals surface area contributed by atoms with Crippen LogP contribution in [0.1, 0.15) is 32.2 Å². The first kappa shape index (κ1) is 14.3. The molecule has 1 heterocycles. The highest BCUT2D eigenvalue weighted by Crippen LogP contribution is 2.18. The maximum Gasteiger partial charge on any atom is 0.138 e. The van der Waals surface area contributed by atoms with Crippen LogP contribution in [0.2, 0.25) is 0 Å². The molecule has 0 aliphatic heterocycles. The van der Waals surface area contributed by atoms with Crippen molar-refractivity contribution in [2.45, 2.75) is 27.7 Å². The molecule has 20 heavy (non-hydrogen) atoms. The summed E-state index contributed by atoms with van der Waals surface area (Å²) in [5, 5.41) is 4.14. The molecule has 0 amide bonds. The summed E-state index contributed by atoms with van der Waals surface area (Å²) in [6.45, 7) is 8.72. The molecule has 0 aliphatic rings. The molecule has 0 fully saturated rings. The van der Waals surface area contributed by atoms with Gasteiger partial charge in [0.15, 0.2) is 0 Å². The Bertz CT molecular complexity index is 585. The largest absolute Gasteiger partial charge is 0.395 e. The van der Waals surface area contributed by atoms with Crippen molar-refractivity contribution in [2.75, 3.05) is 6.61 Å². The second kappa shape index (κ2) is 6.37. The number of hydrogen-bond acceptors (Lipinski definition) is 3. The van der Waals surface area contributed by atoms with Gasteiger partial charge < -0.3 is 9.82 Å². The SMILES string of the molecule is C/C(=N\OCC(C)C)c1nc(-c2ccccc2)[nH]c1C. The van der Waals surface area contributed by atoms with Crippen LogP contribution < -0.4 is 0 Å². The standard InChI is InChI=1S/C16H21N3O/c1-11(2)10-20-19-13(4)15-12(3)17-16(18-15)14-8-6-5-7-9-14/h5-9,11H,10H2,1-4H3,(H,17,18)/b19-13+. The third-order valence-corrected chi connectivity index (χ3v) is 2.88. The van der Waals surface area contributed by atoms with Crippen molar-refractivity contribution in [1.29, 1.82) is 0 Å². The minimum Gasteiger partial charge on any atom is -0.395 e. The van der Waals surface area contributed by atoms with E-state index in [1.165, 1.54) is 0 Å². The first-order valence-corrected chi connectivity index (χ1v) is 6.87. The van der Waals surface area contributed by atoms with E-state index in [1.807, 2.05) is 44.2 Å². The molecule has 0 spiro atoms. The maximum absolute atomic E-state index is 5.32. The third-order valence-electron chi connectivity index (χ3n) is 2.88. The second-order valence-corrected chi connectivity index (χ2v) is 5.29. The van der Waals surface area contributed by atoms with Gasteiger partial charge in [0.05, 0.1) is 0 Å². The summed E-state index contributed by atoms with van der Waals surface area (Å²) in [4.78, 5) is 13.2. The highest BCUT2D eigenvalue weighted by Gasteiger charge is 2.11. The molecule has 1 aromatic heterocycles. The van der Waals surface area contributed by atoms with Crippen molar-refractivity contribution in [3.05, 3.63) is 41.7 Å². The number of aromatic amines is 1. The molecule has 0 aliphatic carbocycles. The van der Waals surface area contributed by atoms with Crippen LogP contribution in [0.3, 0.4) is 0 Å². The highest BCUT2D eigenvalue weighted by molar-refractivity contribution is 5.98. The van der Waals surface area contributed by atoms with Crippen LogP contribution in [0.4, 0.5) is 0 Å². The number of hydrogen-bond donors (Lipinski definition) is 1. The Morgan fingerprint density at radius 1 is 1.30 bits per heavy atom. The average Bonchev–Trinajstić information content (AvgIpc) is 2.81. The predicted octanol–water partition coefficient (Wildman–Crippen LogP) is 3.78. The number of nitrogens with one attached hydrogen (secondary N) is 1. The molecule has 0 saturated carbocycles. The molecular weight excluding hydrogens is 250 g/mol. The van der Waals surface area contributed by atoms with E-state index in [4.69, 9.17) is 4.84 Å². The van der Waals surface area contributed by atoms with Gasteiger partial charge in [0.2, 0.25) is 0 Å². The topological polar surface area (TPSA) is 50.3 Å². The van der Waals surface area contributed by atoms with Gasteiger partial charge in [0.25, 0.3) is 0 Å². The average molecular weight is 271 g/mol. The van der Waals surface area contributed by atoms with Crippen LogP contribution in [0.25, 0.3) is 11.4 Å². The molecule has 0 unspecified atom stereocenters. The summed E-state index contributed by atoms with van der Waals surface area (Å²) >= 11 is 0. The van der Waals surface area contributed by atoms with Gasteiger partial charge in [0, 0.05) is 11.3 Å². The Morgan fingerprint density at radius 2 is 2.00 bits per heavy atom. The monoisotopic (exact) mass is 271 g/mol. The van der Waals surface area contributed by atoms with Crippen LogP contribution >= 0.6 is 0 Å². The lowest BCUT2D eigenvalue weighted by Crippen LogP contribution is -2.02. The predicted molar refractivity (Wildman–Crippen MR) is 81.8 cm³/mol. The normalized spacial score (nSPS) is 11.9. The van der Waals surface area contributed by atoms with E-state index in [9.17, 15) is 0 Å². The Hall–Kier alpha value is -2.10. The smallest absolute Gasteiger partial charge is 0.138 e. The van der Waals surface area contributed by atoms with Crippen LogP contribution in [0.5, 0.6) is 0 Å². The van der Waals surface area contributed by atoms with E-state index in [2.05, 4.69) is 29.0 Å². The van der Waals surface area contributed by atoms with E-state index >= 15 is 0 Å². The number of oxime groups is 1. The summed E-state index contributed by atoms with van der Waals surface area (Å²) in [7, 11) is 0. The number of rotatable bonds is 5. The van der Waals surface area contributed by atoms with Gasteiger partial charge in [-0.3, -0.25) is 0 Å². The zero-order valence-corrected chi connectivity index (χ0v) is 12.5. The van der Waals surface area contributed by atoms with Crippen LogP contribution in [-0.4, -0.2) is 22.3 Å². The molecule has 1 aromatic carbocycles. The molecule has 4 heteroatoms. The van der Waals surface area contributed by atoms with Crippen LogP contribution in [-0.2, 0) is 4.84 Å². The van der Waals surface area contributed by atoms with Gasteiger partial charge in [0.1, 0.15) is 23.8 Å². The fourth-order valence-electron chi connectivity index (χ4n) is 1.87. The highest BCUT2D eigenvalue weighted by atomic mass is 16.6. The Labute approximate surface area is 119 Å². The van der Waals surface area contributed by atoms with Crippen molar-refractivity contribution in [2.24, 2.45) is 11.1 Å². The Balaban J connectivity index is 2.19. The zero-order valence-electron chi connectivity index (χ0n) is 12.5. The number of nitrogens with zero attached hydrogens (tertiary/aromatic N) is 2. The first-order valence-electron chi connectivity index (χ1n) is 6.87. The molecular formula is C16H21N3O. The number of aryl methyl sites for hydroxylation is 1. The van der Waals surface area contributed by atoms with Crippen molar-refractivity contribution in [3.8, 4) is 11.4 Å². The molecule has 4 nitrogen and oxygen atoms in total. The molecule has 0 bridgehead atoms. The minimum atomic E-state index is 0.465. The molecule has 2 aromatic rings. The summed E-state index contributed by atoms with van der Waals surface area (Å²) < 4.78 is 0. The summed E-state index contributed by atoms with van der Waals surface area (Å²) in [6.07, 6.45) is 0.